The Hall–Kier alpha value is -0.700. The molecular weight excluding hydrogens is 328 g/mol. The summed E-state index contributed by atoms with van der Waals surface area (Å²) in [7, 11) is -1.34. The van der Waals surface area contributed by atoms with E-state index in [1.54, 1.807) is 8.61 Å². The highest BCUT2D eigenvalue weighted by Crippen LogP contribution is 2.25. The maximum atomic E-state index is 12.8. The van der Waals surface area contributed by atoms with Gasteiger partial charge in [-0.15, -0.1) is 0 Å². The van der Waals surface area contributed by atoms with Crippen LogP contribution in [0.1, 0.15) is 32.1 Å². The quantitative estimate of drug-likeness (QED) is 0.723. The molecule has 0 bridgehead atoms. The molecule has 3 aliphatic heterocycles. The minimum absolute atomic E-state index is 0.140. The Bertz CT molecular complexity index is 540. The second kappa shape index (κ2) is 7.68. The molecule has 8 heteroatoms. The minimum atomic E-state index is -3.40. The zero-order valence-electron chi connectivity index (χ0n) is 14.7. The molecule has 0 aromatic carbocycles. The van der Waals surface area contributed by atoms with E-state index in [4.69, 9.17) is 0 Å². The van der Waals surface area contributed by atoms with Crippen molar-refractivity contribution in [2.45, 2.75) is 32.1 Å². The van der Waals surface area contributed by atoms with Crippen molar-refractivity contribution in [1.82, 2.24) is 18.4 Å². The van der Waals surface area contributed by atoms with E-state index >= 15 is 0 Å². The highest BCUT2D eigenvalue weighted by molar-refractivity contribution is 7.86. The summed E-state index contributed by atoms with van der Waals surface area (Å²) in [6, 6.07) is 0. The van der Waals surface area contributed by atoms with Gasteiger partial charge in [-0.1, -0.05) is 6.42 Å². The van der Waals surface area contributed by atoms with E-state index in [0.29, 0.717) is 26.2 Å². The van der Waals surface area contributed by atoms with Crippen LogP contribution in [0.3, 0.4) is 0 Å². The third-order valence-electron chi connectivity index (χ3n) is 5.52. The first-order chi connectivity index (χ1) is 11.5. The maximum absolute atomic E-state index is 12.8. The molecule has 138 valence electrons. The van der Waals surface area contributed by atoms with Crippen LogP contribution in [0.15, 0.2) is 0 Å². The molecule has 3 rings (SSSR count). The molecule has 0 radical (unpaired) electrons. The standard InChI is InChI=1S/C16H30N4O3S/c1-17-10-12-18(13-11-17)16(21)15-6-5-9-20(14-15)24(22,23)19-7-3-2-4-8-19/h15H,2-14H2,1H3/t15-/m0/s1. The molecule has 0 unspecified atom stereocenters. The Morgan fingerprint density at radius 3 is 2.12 bits per heavy atom. The fourth-order valence-corrected chi connectivity index (χ4v) is 5.67. The number of carbonyl (C=O) groups excluding carboxylic acids is 1. The number of piperazine rings is 1. The molecule has 0 aromatic heterocycles. The molecule has 0 saturated carbocycles. The SMILES string of the molecule is CN1CCN(C(=O)[C@H]2CCCN(S(=O)(=O)N3CCCCC3)C2)CC1. The predicted molar refractivity (Wildman–Crippen MR) is 92.7 cm³/mol. The van der Waals surface area contributed by atoms with Crippen LogP contribution in [-0.2, 0) is 15.0 Å². The lowest BCUT2D eigenvalue weighted by atomic mass is 9.98. The minimum Gasteiger partial charge on any atom is -0.340 e. The largest absolute Gasteiger partial charge is 0.340 e. The summed E-state index contributed by atoms with van der Waals surface area (Å²) in [5.41, 5.74) is 0. The van der Waals surface area contributed by atoms with Crippen LogP contribution in [0.25, 0.3) is 0 Å². The van der Waals surface area contributed by atoms with E-state index in [1.165, 1.54) is 0 Å². The van der Waals surface area contributed by atoms with E-state index in [0.717, 1.165) is 58.3 Å². The third-order valence-corrected chi connectivity index (χ3v) is 7.52. The van der Waals surface area contributed by atoms with E-state index in [2.05, 4.69) is 11.9 Å². The van der Waals surface area contributed by atoms with Gasteiger partial charge in [-0.3, -0.25) is 4.79 Å². The van der Waals surface area contributed by atoms with Crippen LogP contribution in [0.5, 0.6) is 0 Å². The molecule has 1 atom stereocenters. The van der Waals surface area contributed by atoms with Gasteiger partial charge in [0.1, 0.15) is 0 Å². The molecule has 3 fully saturated rings. The Morgan fingerprint density at radius 1 is 0.833 bits per heavy atom. The van der Waals surface area contributed by atoms with Crippen LogP contribution in [0, 0.1) is 5.92 Å². The van der Waals surface area contributed by atoms with Crippen LogP contribution in [-0.4, -0.2) is 92.1 Å². The molecule has 0 aliphatic carbocycles. The molecule has 1 amide bonds. The summed E-state index contributed by atoms with van der Waals surface area (Å²) in [6.07, 6.45) is 4.57. The van der Waals surface area contributed by atoms with Gasteiger partial charge in [-0.25, -0.2) is 0 Å². The lowest BCUT2D eigenvalue weighted by Crippen LogP contribution is -2.54. The molecule has 3 saturated heterocycles. The first kappa shape index (κ1) is 18.1. The second-order valence-electron chi connectivity index (χ2n) is 7.29. The first-order valence-corrected chi connectivity index (χ1v) is 10.6. The van der Waals surface area contributed by atoms with Gasteiger partial charge in [0.25, 0.3) is 10.2 Å². The Balaban J connectivity index is 1.62. The zero-order valence-corrected chi connectivity index (χ0v) is 15.5. The van der Waals surface area contributed by atoms with E-state index in [-0.39, 0.29) is 11.8 Å². The number of hydrogen-bond donors (Lipinski definition) is 0. The summed E-state index contributed by atoms with van der Waals surface area (Å²) >= 11 is 0. The fraction of sp³-hybridized carbons (Fsp3) is 0.938. The molecule has 24 heavy (non-hydrogen) atoms. The van der Waals surface area contributed by atoms with Gasteiger partial charge in [-0.05, 0) is 32.7 Å². The first-order valence-electron chi connectivity index (χ1n) is 9.21. The lowest BCUT2D eigenvalue weighted by Gasteiger charge is -2.39. The van der Waals surface area contributed by atoms with Gasteiger partial charge in [0, 0.05) is 52.4 Å². The van der Waals surface area contributed by atoms with E-state index < -0.39 is 10.2 Å². The summed E-state index contributed by atoms with van der Waals surface area (Å²) in [5.74, 6) is -0.0386. The highest BCUT2D eigenvalue weighted by atomic mass is 32.2. The molecule has 3 heterocycles. The van der Waals surface area contributed by atoms with Crippen molar-refractivity contribution >= 4 is 16.1 Å². The highest BCUT2D eigenvalue weighted by Gasteiger charge is 2.37. The number of piperidine rings is 2. The Labute approximate surface area is 145 Å². The fourth-order valence-electron chi connectivity index (χ4n) is 3.90. The summed E-state index contributed by atoms with van der Waals surface area (Å²) in [5, 5.41) is 0. The molecule has 0 spiro atoms. The number of amides is 1. The van der Waals surface area contributed by atoms with Gasteiger partial charge in [0.15, 0.2) is 0 Å². The molecule has 3 aliphatic rings. The number of carbonyl (C=O) groups is 1. The van der Waals surface area contributed by atoms with Crippen LogP contribution < -0.4 is 0 Å². The number of rotatable bonds is 3. The number of hydrogen-bond acceptors (Lipinski definition) is 4. The molecule has 7 nitrogen and oxygen atoms in total. The topological polar surface area (TPSA) is 64.2 Å². The summed E-state index contributed by atoms with van der Waals surface area (Å²) in [6.45, 7) is 5.44. The van der Waals surface area contributed by atoms with Gasteiger partial charge in [0.05, 0.1) is 5.92 Å². The van der Waals surface area contributed by atoms with Crippen molar-refractivity contribution in [3.63, 3.8) is 0 Å². The summed E-state index contributed by atoms with van der Waals surface area (Å²) in [4.78, 5) is 16.9. The average molecular weight is 359 g/mol. The maximum Gasteiger partial charge on any atom is 0.281 e. The van der Waals surface area contributed by atoms with E-state index in [9.17, 15) is 13.2 Å². The number of likely N-dealkylation sites (N-methyl/N-ethyl adjacent to an activating group) is 1. The van der Waals surface area contributed by atoms with Gasteiger partial charge in [0.2, 0.25) is 5.91 Å². The van der Waals surface area contributed by atoms with Gasteiger partial charge < -0.3 is 9.80 Å². The monoisotopic (exact) mass is 358 g/mol. The Kier molecular flexibility index (Phi) is 5.79. The van der Waals surface area contributed by atoms with Crippen molar-refractivity contribution in [2.75, 3.05) is 59.4 Å². The van der Waals surface area contributed by atoms with Crippen LogP contribution in [0.4, 0.5) is 0 Å². The lowest BCUT2D eigenvalue weighted by molar-refractivity contribution is -0.138. The zero-order chi connectivity index (χ0) is 17.2. The third kappa shape index (κ3) is 3.92. The van der Waals surface area contributed by atoms with E-state index in [1.807, 2.05) is 4.90 Å². The predicted octanol–water partition coefficient (Wildman–Crippen LogP) is 0.203. The molecule has 0 N–H and O–H groups in total. The van der Waals surface area contributed by atoms with Crippen molar-refractivity contribution < 1.29 is 13.2 Å². The van der Waals surface area contributed by atoms with Gasteiger partial charge in [-0.2, -0.15) is 17.0 Å². The van der Waals surface area contributed by atoms with Crippen LogP contribution in [0.2, 0.25) is 0 Å². The van der Waals surface area contributed by atoms with Gasteiger partial charge >= 0.3 is 0 Å². The second-order valence-corrected chi connectivity index (χ2v) is 9.22. The smallest absolute Gasteiger partial charge is 0.281 e. The number of nitrogens with zero attached hydrogens (tertiary/aromatic N) is 4. The molecular formula is C16H30N4O3S. The van der Waals surface area contributed by atoms with Crippen molar-refractivity contribution in [3.05, 3.63) is 0 Å². The van der Waals surface area contributed by atoms with Crippen molar-refractivity contribution in [2.24, 2.45) is 5.92 Å². The average Bonchev–Trinajstić information content (AvgIpc) is 2.62. The summed E-state index contributed by atoms with van der Waals surface area (Å²) < 4.78 is 28.9. The molecule has 0 aromatic rings. The normalized spacial score (nSPS) is 28.9. The Morgan fingerprint density at radius 2 is 1.46 bits per heavy atom. The van der Waals surface area contributed by atoms with Crippen molar-refractivity contribution in [1.29, 1.82) is 0 Å². The van der Waals surface area contributed by atoms with Crippen molar-refractivity contribution in [3.8, 4) is 0 Å². The van der Waals surface area contributed by atoms with Crippen LogP contribution >= 0.6 is 0 Å².